The van der Waals surface area contributed by atoms with Crippen LogP contribution in [0, 0.1) is 9.28 Å². The van der Waals surface area contributed by atoms with Crippen LogP contribution in [0.2, 0.25) is 0 Å². The zero-order valence-corrected chi connectivity index (χ0v) is 23.2. The average molecular weight is 513 g/mol. The van der Waals surface area contributed by atoms with Gasteiger partial charge in [-0.05, 0) is 35.7 Å². The number of hydrogen-bond donors (Lipinski definition) is 0. The molecule has 0 saturated carbocycles. The largest absolute Gasteiger partial charge is 0.332 e. The lowest BCUT2D eigenvalue weighted by molar-refractivity contribution is 0.588. The molecule has 0 bridgehead atoms. The lowest BCUT2D eigenvalue weighted by Crippen LogP contribution is -2.07. The summed E-state index contributed by atoms with van der Waals surface area (Å²) in [7, 11) is 0. The molecular weight excluding hydrogens is 477 g/mol. The molecule has 0 fully saturated rings. The zero-order chi connectivity index (χ0) is 25.1. The minimum atomic E-state index is 0.950. The fourth-order valence-corrected chi connectivity index (χ4v) is 6.35. The van der Waals surface area contributed by atoms with Gasteiger partial charge in [0.1, 0.15) is 9.28 Å². The van der Waals surface area contributed by atoms with Gasteiger partial charge in [0.15, 0.2) is 0 Å². The zero-order valence-electron chi connectivity index (χ0n) is 21.6. The minimum Gasteiger partial charge on any atom is -0.332 e. The molecule has 0 unspecified atom stereocenters. The standard InChI is InChI=1S/C32H36N2S2/c1-3-5-7-13-19-33-29-21-28-24-16-10-12-18-26(24)32(36)34(20-14-8-6-4-2)30(28)22-27(29)23-15-9-11-17-25(23)31(33)35/h9-12,15-18,21-22H,3-8,13-14,19-20H2,1-2H3. The molecule has 0 aliphatic heterocycles. The van der Waals surface area contributed by atoms with Crippen molar-refractivity contribution in [3.63, 3.8) is 0 Å². The third-order valence-electron chi connectivity index (χ3n) is 7.55. The van der Waals surface area contributed by atoms with Crippen LogP contribution in [-0.4, -0.2) is 9.13 Å². The average Bonchev–Trinajstić information content (AvgIpc) is 2.91. The van der Waals surface area contributed by atoms with E-state index in [-0.39, 0.29) is 0 Å². The van der Waals surface area contributed by atoms with Crippen LogP contribution in [0.3, 0.4) is 0 Å². The molecular formula is C32H36N2S2. The number of rotatable bonds is 10. The second kappa shape index (κ2) is 11.2. The van der Waals surface area contributed by atoms with Gasteiger partial charge in [0, 0.05) is 34.6 Å². The lowest BCUT2D eigenvalue weighted by Gasteiger charge is -2.19. The smallest absolute Gasteiger partial charge is 0.114 e. The van der Waals surface area contributed by atoms with E-state index in [1.807, 2.05) is 0 Å². The van der Waals surface area contributed by atoms with Crippen molar-refractivity contribution < 1.29 is 0 Å². The van der Waals surface area contributed by atoms with Crippen LogP contribution in [0.4, 0.5) is 0 Å². The van der Waals surface area contributed by atoms with Gasteiger partial charge in [0.05, 0.1) is 11.0 Å². The molecule has 0 amide bonds. The molecule has 5 aromatic rings. The molecule has 4 heteroatoms. The summed E-state index contributed by atoms with van der Waals surface area (Å²) in [6, 6.07) is 22.1. The van der Waals surface area contributed by atoms with Crippen molar-refractivity contribution in [1.29, 1.82) is 0 Å². The monoisotopic (exact) mass is 512 g/mol. The molecule has 2 nitrogen and oxygen atoms in total. The Morgan fingerprint density at radius 1 is 0.500 bits per heavy atom. The maximum absolute atomic E-state index is 6.09. The number of benzene rings is 3. The maximum Gasteiger partial charge on any atom is 0.114 e. The molecule has 2 aromatic heterocycles. The van der Waals surface area contributed by atoms with Crippen LogP contribution in [0.15, 0.2) is 60.7 Å². The van der Waals surface area contributed by atoms with Crippen molar-refractivity contribution in [1.82, 2.24) is 9.13 Å². The first-order valence-electron chi connectivity index (χ1n) is 13.7. The predicted molar refractivity (Wildman–Crippen MR) is 162 cm³/mol. The van der Waals surface area contributed by atoms with E-state index in [1.54, 1.807) is 0 Å². The minimum absolute atomic E-state index is 0.950. The molecule has 3 aromatic carbocycles. The highest BCUT2D eigenvalue weighted by molar-refractivity contribution is 7.71. The van der Waals surface area contributed by atoms with Crippen LogP contribution in [0.1, 0.15) is 65.2 Å². The normalized spacial score (nSPS) is 11.8. The highest BCUT2D eigenvalue weighted by Gasteiger charge is 2.14. The quantitative estimate of drug-likeness (QED) is 0.0797. The van der Waals surface area contributed by atoms with E-state index in [0.717, 1.165) is 35.2 Å². The van der Waals surface area contributed by atoms with Crippen molar-refractivity contribution >= 4 is 67.8 Å². The van der Waals surface area contributed by atoms with Gasteiger partial charge in [-0.15, -0.1) is 0 Å². The van der Waals surface area contributed by atoms with E-state index in [9.17, 15) is 0 Å². The molecule has 186 valence electrons. The summed E-state index contributed by atoms with van der Waals surface area (Å²) in [4.78, 5) is 0. The van der Waals surface area contributed by atoms with Crippen molar-refractivity contribution in [3.05, 3.63) is 69.9 Å². The van der Waals surface area contributed by atoms with E-state index in [1.165, 1.54) is 81.9 Å². The Kier molecular flexibility index (Phi) is 7.83. The molecule has 0 saturated heterocycles. The number of pyridine rings is 2. The van der Waals surface area contributed by atoms with E-state index < -0.39 is 0 Å². The highest BCUT2D eigenvalue weighted by Crippen LogP contribution is 2.35. The first kappa shape index (κ1) is 25.1. The van der Waals surface area contributed by atoms with E-state index in [4.69, 9.17) is 24.4 Å². The molecule has 36 heavy (non-hydrogen) atoms. The summed E-state index contributed by atoms with van der Waals surface area (Å²) in [6.45, 7) is 6.44. The van der Waals surface area contributed by atoms with Gasteiger partial charge in [-0.25, -0.2) is 0 Å². The summed E-state index contributed by atoms with van der Waals surface area (Å²) < 4.78 is 6.69. The molecule has 0 radical (unpaired) electrons. The Hall–Kier alpha value is -2.56. The van der Waals surface area contributed by atoms with Gasteiger partial charge in [-0.1, -0.05) is 125 Å². The van der Waals surface area contributed by atoms with Crippen molar-refractivity contribution in [2.24, 2.45) is 0 Å². The Bertz CT molecular complexity index is 1530. The van der Waals surface area contributed by atoms with Gasteiger partial charge < -0.3 is 9.13 Å². The fraction of sp³-hybridized carbons (Fsp3) is 0.375. The van der Waals surface area contributed by atoms with Crippen LogP contribution in [0.5, 0.6) is 0 Å². The van der Waals surface area contributed by atoms with Crippen molar-refractivity contribution in [2.75, 3.05) is 0 Å². The number of fused-ring (bicyclic) bond motifs is 6. The number of aromatic nitrogens is 2. The van der Waals surface area contributed by atoms with Gasteiger partial charge in [0.2, 0.25) is 0 Å². The Morgan fingerprint density at radius 2 is 0.889 bits per heavy atom. The van der Waals surface area contributed by atoms with Crippen molar-refractivity contribution in [3.8, 4) is 0 Å². The van der Waals surface area contributed by atoms with Crippen molar-refractivity contribution in [2.45, 2.75) is 78.3 Å². The second-order valence-corrected chi connectivity index (χ2v) is 10.8. The van der Waals surface area contributed by atoms with E-state index in [0.29, 0.717) is 0 Å². The van der Waals surface area contributed by atoms with E-state index in [2.05, 4.69) is 83.6 Å². The molecule has 0 aliphatic carbocycles. The molecule has 0 aliphatic rings. The summed E-state index contributed by atoms with van der Waals surface area (Å²) >= 11 is 12.2. The van der Waals surface area contributed by atoms with Gasteiger partial charge in [0.25, 0.3) is 0 Å². The van der Waals surface area contributed by atoms with Gasteiger partial charge >= 0.3 is 0 Å². The molecule has 2 heterocycles. The Morgan fingerprint density at radius 3 is 1.28 bits per heavy atom. The third kappa shape index (κ3) is 4.62. The van der Waals surface area contributed by atoms with Crippen LogP contribution in [0.25, 0.3) is 43.4 Å². The maximum atomic E-state index is 6.09. The molecule has 0 atom stereocenters. The first-order chi connectivity index (χ1) is 17.7. The highest BCUT2D eigenvalue weighted by atomic mass is 32.1. The summed E-state index contributed by atoms with van der Waals surface area (Å²) in [5.41, 5.74) is 2.48. The number of aryl methyl sites for hydroxylation is 2. The number of hydrogen-bond acceptors (Lipinski definition) is 2. The van der Waals surface area contributed by atoms with Gasteiger partial charge in [-0.3, -0.25) is 0 Å². The lowest BCUT2D eigenvalue weighted by atomic mass is 10.0. The third-order valence-corrected chi connectivity index (χ3v) is 8.43. The van der Waals surface area contributed by atoms with Crippen LogP contribution < -0.4 is 0 Å². The SMILES string of the molecule is CCCCCCn1c(=S)c2ccccc2c2cc3c(cc21)c1ccccc1c(=S)n3CCCCCC. The second-order valence-electron chi connectivity index (χ2n) is 10.0. The fourth-order valence-electron chi connectivity index (χ4n) is 5.61. The topological polar surface area (TPSA) is 9.86 Å². The molecule has 0 N–H and O–H groups in total. The predicted octanol–water partition coefficient (Wildman–Crippen LogP) is 10.5. The Labute approximate surface area is 224 Å². The van der Waals surface area contributed by atoms with Gasteiger partial charge in [-0.2, -0.15) is 0 Å². The molecule has 5 rings (SSSR count). The summed E-state index contributed by atoms with van der Waals surface area (Å²) in [5, 5.41) is 7.36. The summed E-state index contributed by atoms with van der Waals surface area (Å²) in [5.74, 6) is 0. The van der Waals surface area contributed by atoms with E-state index >= 15 is 0 Å². The number of nitrogens with zero attached hydrogens (tertiary/aromatic N) is 2. The Balaban J connectivity index is 1.83. The molecule has 0 spiro atoms. The van der Waals surface area contributed by atoms with Crippen LogP contribution in [-0.2, 0) is 13.1 Å². The number of unbranched alkanes of at least 4 members (excludes halogenated alkanes) is 6. The summed E-state index contributed by atoms with van der Waals surface area (Å²) in [6.07, 6.45) is 9.79. The van der Waals surface area contributed by atoms with Crippen LogP contribution >= 0.6 is 24.4 Å². The first-order valence-corrected chi connectivity index (χ1v) is 14.5.